The standard InChI is InChI=1S/C9H16N4O3S/c1-2-3-4-16-5-6-17-9-10-11-12-13(9)7-8(14)15/h2-7H2,1H3,(H,14,15). The third kappa shape index (κ3) is 5.64. The van der Waals surface area contributed by atoms with Crippen molar-refractivity contribution < 1.29 is 14.6 Å². The summed E-state index contributed by atoms with van der Waals surface area (Å²) in [5.41, 5.74) is 0. The highest BCUT2D eigenvalue weighted by molar-refractivity contribution is 7.99. The van der Waals surface area contributed by atoms with Gasteiger partial charge < -0.3 is 9.84 Å². The fourth-order valence-electron chi connectivity index (χ4n) is 1.07. The van der Waals surface area contributed by atoms with Crippen molar-refractivity contribution in [3.05, 3.63) is 0 Å². The molecular formula is C9H16N4O3S. The highest BCUT2D eigenvalue weighted by Crippen LogP contribution is 2.12. The van der Waals surface area contributed by atoms with E-state index in [-0.39, 0.29) is 6.54 Å². The normalized spacial score (nSPS) is 10.6. The summed E-state index contributed by atoms with van der Waals surface area (Å²) >= 11 is 1.39. The first-order chi connectivity index (χ1) is 8.24. The average molecular weight is 260 g/mol. The smallest absolute Gasteiger partial charge is 0.325 e. The number of carboxylic acid groups (broad SMARTS) is 1. The van der Waals surface area contributed by atoms with Crippen LogP contribution in [0.3, 0.4) is 0 Å². The largest absolute Gasteiger partial charge is 0.480 e. The van der Waals surface area contributed by atoms with E-state index in [9.17, 15) is 4.79 Å². The van der Waals surface area contributed by atoms with Gasteiger partial charge in [-0.15, -0.1) is 5.10 Å². The molecule has 0 bridgehead atoms. The number of aromatic nitrogens is 4. The van der Waals surface area contributed by atoms with Crippen molar-refractivity contribution in [1.29, 1.82) is 0 Å². The minimum atomic E-state index is -0.960. The molecule has 0 fully saturated rings. The molecule has 0 atom stereocenters. The molecule has 0 aliphatic heterocycles. The summed E-state index contributed by atoms with van der Waals surface area (Å²) in [6.45, 7) is 3.27. The minimum absolute atomic E-state index is 0.216. The van der Waals surface area contributed by atoms with E-state index in [1.807, 2.05) is 0 Å². The molecule has 8 heteroatoms. The predicted molar refractivity (Wildman–Crippen MR) is 61.9 cm³/mol. The first kappa shape index (κ1) is 13.9. The molecule has 0 unspecified atom stereocenters. The van der Waals surface area contributed by atoms with Crippen molar-refractivity contribution >= 4 is 17.7 Å². The van der Waals surface area contributed by atoms with Crippen LogP contribution in [0.25, 0.3) is 0 Å². The molecule has 0 amide bonds. The molecule has 0 aromatic carbocycles. The SMILES string of the molecule is CCCCOCCSc1nnnn1CC(=O)O. The van der Waals surface area contributed by atoms with Crippen LogP contribution in [0, 0.1) is 0 Å². The van der Waals surface area contributed by atoms with Crippen LogP contribution in [0.1, 0.15) is 19.8 Å². The van der Waals surface area contributed by atoms with Gasteiger partial charge in [-0.3, -0.25) is 4.79 Å². The molecule has 0 saturated carbocycles. The Kier molecular flexibility index (Phi) is 6.56. The lowest BCUT2D eigenvalue weighted by Crippen LogP contribution is -2.11. The lowest BCUT2D eigenvalue weighted by atomic mass is 10.4. The van der Waals surface area contributed by atoms with Crippen LogP contribution in [0.5, 0.6) is 0 Å². The van der Waals surface area contributed by atoms with E-state index in [0.29, 0.717) is 17.5 Å². The highest BCUT2D eigenvalue weighted by atomic mass is 32.2. The van der Waals surface area contributed by atoms with Gasteiger partial charge in [-0.2, -0.15) is 0 Å². The third-order valence-corrected chi connectivity index (χ3v) is 2.81. The van der Waals surface area contributed by atoms with E-state index in [1.165, 1.54) is 16.4 Å². The zero-order valence-corrected chi connectivity index (χ0v) is 10.5. The second-order valence-corrected chi connectivity index (χ2v) is 4.39. The van der Waals surface area contributed by atoms with Gasteiger partial charge in [0.15, 0.2) is 0 Å². The van der Waals surface area contributed by atoms with Crippen molar-refractivity contribution in [3.63, 3.8) is 0 Å². The van der Waals surface area contributed by atoms with Crippen LogP contribution >= 0.6 is 11.8 Å². The predicted octanol–water partition coefficient (Wildman–Crippen LogP) is 0.666. The monoisotopic (exact) mass is 260 g/mol. The molecule has 1 rings (SSSR count). The van der Waals surface area contributed by atoms with E-state index in [2.05, 4.69) is 22.4 Å². The number of aliphatic carboxylic acids is 1. The van der Waals surface area contributed by atoms with Gasteiger partial charge in [-0.05, 0) is 16.8 Å². The number of rotatable bonds is 9. The van der Waals surface area contributed by atoms with Crippen LogP contribution < -0.4 is 0 Å². The fourth-order valence-corrected chi connectivity index (χ4v) is 1.80. The maximum Gasteiger partial charge on any atom is 0.325 e. The summed E-state index contributed by atoms with van der Waals surface area (Å²) in [5, 5.41) is 19.9. The van der Waals surface area contributed by atoms with Crippen LogP contribution in [-0.4, -0.2) is 50.2 Å². The summed E-state index contributed by atoms with van der Waals surface area (Å²) in [5.74, 6) is -0.248. The Labute approximate surface area is 104 Å². The Bertz CT molecular complexity index is 345. The summed E-state index contributed by atoms with van der Waals surface area (Å²) < 4.78 is 6.64. The highest BCUT2D eigenvalue weighted by Gasteiger charge is 2.09. The van der Waals surface area contributed by atoms with E-state index in [4.69, 9.17) is 9.84 Å². The molecule has 1 aromatic heterocycles. The molecule has 96 valence electrons. The van der Waals surface area contributed by atoms with Crippen LogP contribution in [0.15, 0.2) is 5.16 Å². The Balaban J connectivity index is 2.22. The molecule has 1 aromatic rings. The number of carbonyl (C=O) groups is 1. The number of thioether (sulfide) groups is 1. The number of unbranched alkanes of at least 4 members (excludes halogenated alkanes) is 1. The number of ether oxygens (including phenoxy) is 1. The van der Waals surface area contributed by atoms with Crippen molar-refractivity contribution in [3.8, 4) is 0 Å². The summed E-state index contributed by atoms with van der Waals surface area (Å²) in [7, 11) is 0. The molecule has 0 aliphatic rings. The number of carboxylic acids is 1. The molecule has 17 heavy (non-hydrogen) atoms. The Morgan fingerprint density at radius 1 is 1.53 bits per heavy atom. The zero-order chi connectivity index (χ0) is 12.5. The van der Waals surface area contributed by atoms with Crippen molar-refractivity contribution in [1.82, 2.24) is 20.2 Å². The topological polar surface area (TPSA) is 90.1 Å². The summed E-state index contributed by atoms with van der Waals surface area (Å²) in [6.07, 6.45) is 2.17. The number of hydrogen-bond donors (Lipinski definition) is 1. The molecular weight excluding hydrogens is 244 g/mol. The number of hydrogen-bond acceptors (Lipinski definition) is 6. The summed E-state index contributed by atoms with van der Waals surface area (Å²) in [4.78, 5) is 10.5. The number of tetrazole rings is 1. The van der Waals surface area contributed by atoms with Gasteiger partial charge in [0.25, 0.3) is 0 Å². The fraction of sp³-hybridized carbons (Fsp3) is 0.778. The first-order valence-corrected chi connectivity index (χ1v) is 6.41. The minimum Gasteiger partial charge on any atom is -0.480 e. The van der Waals surface area contributed by atoms with Gasteiger partial charge in [-0.1, -0.05) is 25.1 Å². The van der Waals surface area contributed by atoms with Crippen molar-refractivity contribution in [2.45, 2.75) is 31.5 Å². The lowest BCUT2D eigenvalue weighted by molar-refractivity contribution is -0.138. The molecule has 7 nitrogen and oxygen atoms in total. The van der Waals surface area contributed by atoms with Gasteiger partial charge in [-0.25, -0.2) is 4.68 Å². The van der Waals surface area contributed by atoms with Gasteiger partial charge in [0.2, 0.25) is 5.16 Å². The van der Waals surface area contributed by atoms with Gasteiger partial charge in [0, 0.05) is 12.4 Å². The molecule has 1 heterocycles. The molecule has 0 radical (unpaired) electrons. The van der Waals surface area contributed by atoms with E-state index < -0.39 is 5.97 Å². The van der Waals surface area contributed by atoms with E-state index >= 15 is 0 Å². The summed E-state index contributed by atoms with van der Waals surface area (Å²) in [6, 6.07) is 0. The van der Waals surface area contributed by atoms with Crippen LogP contribution in [0.4, 0.5) is 0 Å². The number of nitrogens with zero attached hydrogens (tertiary/aromatic N) is 4. The average Bonchev–Trinajstić information content (AvgIpc) is 2.70. The lowest BCUT2D eigenvalue weighted by Gasteiger charge is -2.03. The third-order valence-electron chi connectivity index (χ3n) is 1.89. The Morgan fingerprint density at radius 2 is 2.35 bits per heavy atom. The van der Waals surface area contributed by atoms with Crippen LogP contribution in [0.2, 0.25) is 0 Å². The van der Waals surface area contributed by atoms with Gasteiger partial charge in [0.1, 0.15) is 6.54 Å². The maximum atomic E-state index is 10.5. The molecule has 0 spiro atoms. The van der Waals surface area contributed by atoms with Crippen molar-refractivity contribution in [2.75, 3.05) is 19.0 Å². The van der Waals surface area contributed by atoms with Crippen molar-refractivity contribution in [2.24, 2.45) is 0 Å². The Hall–Kier alpha value is -1.15. The van der Waals surface area contributed by atoms with E-state index in [0.717, 1.165) is 19.4 Å². The maximum absolute atomic E-state index is 10.5. The Morgan fingerprint density at radius 3 is 3.06 bits per heavy atom. The second kappa shape index (κ2) is 8.02. The van der Waals surface area contributed by atoms with E-state index in [1.54, 1.807) is 0 Å². The second-order valence-electron chi connectivity index (χ2n) is 3.33. The quantitative estimate of drug-likeness (QED) is 0.515. The van der Waals surface area contributed by atoms with Crippen LogP contribution in [-0.2, 0) is 16.1 Å². The zero-order valence-electron chi connectivity index (χ0n) is 9.70. The first-order valence-electron chi connectivity index (χ1n) is 5.42. The molecule has 0 saturated heterocycles. The molecule has 0 aliphatic carbocycles. The van der Waals surface area contributed by atoms with Gasteiger partial charge in [0.05, 0.1) is 6.61 Å². The molecule has 1 N–H and O–H groups in total. The van der Waals surface area contributed by atoms with Gasteiger partial charge >= 0.3 is 5.97 Å².